The van der Waals surface area contributed by atoms with Crippen LogP contribution < -0.4 is 5.32 Å². The number of aryl methyl sites for hydroxylation is 1. The lowest BCUT2D eigenvalue weighted by Gasteiger charge is -2.19. The summed E-state index contributed by atoms with van der Waals surface area (Å²) < 4.78 is 0. The fourth-order valence-electron chi connectivity index (χ4n) is 3.58. The van der Waals surface area contributed by atoms with Gasteiger partial charge in [-0.3, -0.25) is 4.79 Å². The number of amides is 1. The summed E-state index contributed by atoms with van der Waals surface area (Å²) in [7, 11) is 3.84. The van der Waals surface area contributed by atoms with E-state index in [1.807, 2.05) is 19.0 Å². The van der Waals surface area contributed by atoms with E-state index in [-0.39, 0.29) is 11.3 Å². The highest BCUT2D eigenvalue weighted by molar-refractivity contribution is 5.84. The number of carbonyl (C=O) groups excluding carboxylic acids is 1. The standard InChI is InChI=1S/C16H22N2O/c1-17-9-10-18(2)15(19)14-11-16(14)8-7-12-5-3-4-6-13(12)16/h3-6,14,17H,7-11H2,1-2H3. The van der Waals surface area contributed by atoms with E-state index < -0.39 is 0 Å². The number of hydrogen-bond acceptors (Lipinski definition) is 2. The Kier molecular flexibility index (Phi) is 3.09. The second kappa shape index (κ2) is 4.64. The maximum atomic E-state index is 12.5. The molecule has 1 aromatic carbocycles. The number of nitrogens with zero attached hydrogens (tertiary/aromatic N) is 1. The summed E-state index contributed by atoms with van der Waals surface area (Å²) in [6, 6.07) is 8.66. The third-order valence-corrected chi connectivity index (χ3v) is 4.84. The van der Waals surface area contributed by atoms with Crippen molar-refractivity contribution in [2.24, 2.45) is 5.92 Å². The zero-order valence-electron chi connectivity index (χ0n) is 11.8. The zero-order valence-corrected chi connectivity index (χ0v) is 11.8. The Bertz CT molecular complexity index is 499. The van der Waals surface area contributed by atoms with Gasteiger partial charge in [0, 0.05) is 31.5 Å². The average Bonchev–Trinajstić information content (AvgIpc) is 3.05. The Morgan fingerprint density at radius 1 is 1.47 bits per heavy atom. The van der Waals surface area contributed by atoms with Crippen LogP contribution in [0, 0.1) is 5.92 Å². The van der Waals surface area contributed by atoms with E-state index in [9.17, 15) is 4.79 Å². The molecule has 0 aliphatic heterocycles. The van der Waals surface area contributed by atoms with Gasteiger partial charge in [0.25, 0.3) is 0 Å². The lowest BCUT2D eigenvalue weighted by molar-refractivity contribution is -0.131. The average molecular weight is 258 g/mol. The predicted molar refractivity (Wildman–Crippen MR) is 76.1 cm³/mol. The van der Waals surface area contributed by atoms with Crippen molar-refractivity contribution in [2.45, 2.75) is 24.7 Å². The largest absolute Gasteiger partial charge is 0.344 e. The molecule has 0 radical (unpaired) electrons. The maximum absolute atomic E-state index is 12.5. The van der Waals surface area contributed by atoms with Gasteiger partial charge >= 0.3 is 0 Å². The van der Waals surface area contributed by atoms with Crippen LogP contribution in [0.2, 0.25) is 0 Å². The summed E-state index contributed by atoms with van der Waals surface area (Å²) in [6.45, 7) is 1.65. The number of rotatable bonds is 4. The Labute approximate surface area is 115 Å². The molecule has 0 bridgehead atoms. The highest BCUT2D eigenvalue weighted by atomic mass is 16.2. The van der Waals surface area contributed by atoms with Gasteiger partial charge in [-0.05, 0) is 37.4 Å². The van der Waals surface area contributed by atoms with E-state index in [4.69, 9.17) is 0 Å². The minimum Gasteiger partial charge on any atom is -0.344 e. The Balaban J connectivity index is 1.73. The van der Waals surface area contributed by atoms with E-state index in [1.54, 1.807) is 0 Å². The van der Waals surface area contributed by atoms with Crippen molar-refractivity contribution in [2.75, 3.05) is 27.2 Å². The van der Waals surface area contributed by atoms with Crippen LogP contribution in [-0.2, 0) is 16.6 Å². The molecule has 1 N–H and O–H groups in total. The molecule has 2 aliphatic rings. The first-order valence-corrected chi connectivity index (χ1v) is 7.17. The number of fused-ring (bicyclic) bond motifs is 2. The number of likely N-dealkylation sites (N-methyl/N-ethyl adjacent to an activating group) is 2. The van der Waals surface area contributed by atoms with Gasteiger partial charge in [-0.1, -0.05) is 24.3 Å². The smallest absolute Gasteiger partial charge is 0.226 e. The molecular weight excluding hydrogens is 236 g/mol. The number of benzene rings is 1. The van der Waals surface area contributed by atoms with Crippen molar-refractivity contribution in [1.82, 2.24) is 10.2 Å². The first kappa shape index (κ1) is 12.7. The van der Waals surface area contributed by atoms with Crippen LogP contribution in [0.15, 0.2) is 24.3 Å². The minimum absolute atomic E-state index is 0.182. The normalized spacial score (nSPS) is 27.4. The third-order valence-electron chi connectivity index (χ3n) is 4.84. The van der Waals surface area contributed by atoms with Gasteiger partial charge in [0.1, 0.15) is 0 Å². The van der Waals surface area contributed by atoms with E-state index in [0.717, 1.165) is 32.4 Å². The first-order chi connectivity index (χ1) is 9.19. The molecule has 102 valence electrons. The molecule has 3 nitrogen and oxygen atoms in total. The summed E-state index contributed by atoms with van der Waals surface area (Å²) in [4.78, 5) is 14.4. The van der Waals surface area contributed by atoms with Crippen LogP contribution in [0.1, 0.15) is 24.0 Å². The highest BCUT2D eigenvalue weighted by Gasteiger charge is 2.61. The third kappa shape index (κ3) is 1.96. The topological polar surface area (TPSA) is 32.3 Å². The van der Waals surface area contributed by atoms with Crippen molar-refractivity contribution in [3.8, 4) is 0 Å². The molecule has 2 atom stereocenters. The molecule has 1 amide bonds. The van der Waals surface area contributed by atoms with Crippen molar-refractivity contribution in [3.05, 3.63) is 35.4 Å². The van der Waals surface area contributed by atoms with Crippen LogP contribution in [0.25, 0.3) is 0 Å². The SMILES string of the molecule is CNCCN(C)C(=O)C1CC12CCc1ccccc12. The summed E-state index contributed by atoms with van der Waals surface area (Å²) in [5.41, 5.74) is 3.08. The molecule has 0 saturated heterocycles. The molecule has 0 heterocycles. The number of nitrogens with one attached hydrogen (secondary N) is 1. The van der Waals surface area contributed by atoms with Gasteiger partial charge in [0.15, 0.2) is 0 Å². The molecule has 1 spiro atoms. The Hall–Kier alpha value is -1.35. The second-order valence-corrected chi connectivity index (χ2v) is 5.93. The lowest BCUT2D eigenvalue weighted by atomic mass is 9.95. The van der Waals surface area contributed by atoms with Crippen LogP contribution in [0.5, 0.6) is 0 Å². The van der Waals surface area contributed by atoms with Crippen molar-refractivity contribution in [3.63, 3.8) is 0 Å². The van der Waals surface area contributed by atoms with Crippen LogP contribution in [0.4, 0.5) is 0 Å². The minimum atomic E-state index is 0.182. The first-order valence-electron chi connectivity index (χ1n) is 7.17. The van der Waals surface area contributed by atoms with Crippen molar-refractivity contribution >= 4 is 5.91 Å². The molecule has 2 unspecified atom stereocenters. The van der Waals surface area contributed by atoms with E-state index >= 15 is 0 Å². The van der Waals surface area contributed by atoms with Gasteiger partial charge in [-0.25, -0.2) is 0 Å². The molecule has 1 saturated carbocycles. The molecular formula is C16H22N2O. The predicted octanol–water partition coefficient (Wildman–Crippen LogP) is 1.57. The zero-order chi connectivity index (χ0) is 13.5. The summed E-state index contributed by atoms with van der Waals surface area (Å²) >= 11 is 0. The fourth-order valence-corrected chi connectivity index (χ4v) is 3.58. The molecule has 2 aliphatic carbocycles. The van der Waals surface area contributed by atoms with Crippen LogP contribution in [0.3, 0.4) is 0 Å². The van der Waals surface area contributed by atoms with Gasteiger partial charge in [0.05, 0.1) is 0 Å². The Morgan fingerprint density at radius 2 is 2.26 bits per heavy atom. The summed E-state index contributed by atoms with van der Waals surface area (Å²) in [5, 5.41) is 3.10. The molecule has 19 heavy (non-hydrogen) atoms. The van der Waals surface area contributed by atoms with Gasteiger partial charge in [0.2, 0.25) is 5.91 Å². The monoisotopic (exact) mass is 258 g/mol. The van der Waals surface area contributed by atoms with Crippen LogP contribution >= 0.6 is 0 Å². The van der Waals surface area contributed by atoms with Crippen molar-refractivity contribution in [1.29, 1.82) is 0 Å². The molecule has 1 aromatic rings. The molecule has 3 rings (SSSR count). The molecule has 1 fully saturated rings. The summed E-state index contributed by atoms with van der Waals surface area (Å²) in [6.07, 6.45) is 3.34. The Morgan fingerprint density at radius 3 is 3.05 bits per heavy atom. The molecule has 3 heteroatoms. The fraction of sp³-hybridized carbons (Fsp3) is 0.562. The lowest BCUT2D eigenvalue weighted by Crippen LogP contribution is -2.35. The van der Waals surface area contributed by atoms with Crippen molar-refractivity contribution < 1.29 is 4.79 Å². The van der Waals surface area contributed by atoms with E-state index in [0.29, 0.717) is 5.91 Å². The van der Waals surface area contributed by atoms with Crippen LogP contribution in [-0.4, -0.2) is 38.0 Å². The summed E-state index contributed by atoms with van der Waals surface area (Å²) in [5.74, 6) is 0.546. The van der Waals surface area contributed by atoms with E-state index in [2.05, 4.69) is 29.6 Å². The van der Waals surface area contributed by atoms with Gasteiger partial charge < -0.3 is 10.2 Å². The molecule has 0 aromatic heterocycles. The van der Waals surface area contributed by atoms with Gasteiger partial charge in [-0.15, -0.1) is 0 Å². The highest BCUT2D eigenvalue weighted by Crippen LogP contribution is 2.61. The number of hydrogen-bond donors (Lipinski definition) is 1. The number of carbonyl (C=O) groups is 1. The van der Waals surface area contributed by atoms with E-state index in [1.165, 1.54) is 11.1 Å². The quantitative estimate of drug-likeness (QED) is 0.889. The second-order valence-electron chi connectivity index (χ2n) is 5.93. The van der Waals surface area contributed by atoms with Gasteiger partial charge in [-0.2, -0.15) is 0 Å². The maximum Gasteiger partial charge on any atom is 0.226 e.